The number of carbonyl (C=O) groups excluding carboxylic acids is 2. The highest BCUT2D eigenvalue weighted by atomic mass is 19.1. The van der Waals surface area contributed by atoms with Crippen molar-refractivity contribution >= 4 is 11.8 Å². The Morgan fingerprint density at radius 3 is 2.70 bits per heavy atom. The van der Waals surface area contributed by atoms with Gasteiger partial charge >= 0.3 is 0 Å². The molecule has 142 valence electrons. The number of rotatable bonds is 5. The van der Waals surface area contributed by atoms with E-state index in [4.69, 9.17) is 5.73 Å². The molecule has 6 nitrogen and oxygen atoms in total. The van der Waals surface area contributed by atoms with E-state index in [2.05, 4.69) is 9.97 Å². The first kappa shape index (κ1) is 18.9. The molecule has 2 amide bonds. The van der Waals surface area contributed by atoms with Crippen LogP contribution in [0.25, 0.3) is 0 Å². The topological polar surface area (TPSA) is 89.2 Å². The molecule has 2 N–H and O–H groups in total. The third-order valence-corrected chi connectivity index (χ3v) is 4.94. The Labute approximate surface area is 157 Å². The molecule has 1 aliphatic heterocycles. The number of piperidine rings is 1. The van der Waals surface area contributed by atoms with E-state index in [0.717, 1.165) is 24.9 Å². The van der Waals surface area contributed by atoms with Crippen LogP contribution in [0.3, 0.4) is 0 Å². The fourth-order valence-electron chi connectivity index (χ4n) is 3.40. The van der Waals surface area contributed by atoms with Gasteiger partial charge in [-0.25, -0.2) is 14.4 Å². The second-order valence-electron chi connectivity index (χ2n) is 6.90. The van der Waals surface area contributed by atoms with E-state index in [1.54, 1.807) is 19.1 Å². The highest BCUT2D eigenvalue weighted by Crippen LogP contribution is 2.25. The number of hydrogen-bond donors (Lipinski definition) is 1. The molecule has 1 saturated heterocycles. The molecule has 0 aliphatic carbocycles. The monoisotopic (exact) mass is 370 g/mol. The van der Waals surface area contributed by atoms with Gasteiger partial charge in [0.25, 0.3) is 5.91 Å². The third kappa shape index (κ3) is 4.67. The lowest BCUT2D eigenvalue weighted by Gasteiger charge is -2.32. The Balaban J connectivity index is 1.61. The Bertz CT molecular complexity index is 838. The second kappa shape index (κ2) is 8.24. The number of nitrogens with zero attached hydrogens (tertiary/aromatic N) is 3. The van der Waals surface area contributed by atoms with Crippen LogP contribution in [0.15, 0.2) is 30.5 Å². The molecule has 1 unspecified atom stereocenters. The molecule has 7 heteroatoms. The Kier molecular flexibility index (Phi) is 5.78. The molecule has 1 aromatic carbocycles. The standard InChI is InChI=1S/C20H23FN4O2/c1-13-17(19(22)27)11-23-20(24-13)15-3-2-10-25(12-15)18(26)9-6-14-4-7-16(21)8-5-14/h4-5,7-8,11,15H,2-3,6,9-10,12H2,1H3,(H2,22,27). The number of primary amides is 1. The molecule has 27 heavy (non-hydrogen) atoms. The highest BCUT2D eigenvalue weighted by molar-refractivity contribution is 5.93. The zero-order valence-electron chi connectivity index (χ0n) is 15.3. The minimum atomic E-state index is -0.541. The largest absolute Gasteiger partial charge is 0.365 e. The van der Waals surface area contributed by atoms with Crippen molar-refractivity contribution in [2.24, 2.45) is 5.73 Å². The summed E-state index contributed by atoms with van der Waals surface area (Å²) < 4.78 is 13.0. The van der Waals surface area contributed by atoms with Crippen LogP contribution in [-0.2, 0) is 11.2 Å². The van der Waals surface area contributed by atoms with Gasteiger partial charge in [0.2, 0.25) is 5.91 Å². The fraction of sp³-hybridized carbons (Fsp3) is 0.400. The molecular weight excluding hydrogens is 347 g/mol. The average molecular weight is 370 g/mol. The smallest absolute Gasteiger partial charge is 0.252 e. The van der Waals surface area contributed by atoms with Gasteiger partial charge in [0, 0.05) is 31.6 Å². The predicted molar refractivity (Wildman–Crippen MR) is 98.6 cm³/mol. The summed E-state index contributed by atoms with van der Waals surface area (Å²) in [6.45, 7) is 3.02. The molecule has 3 rings (SSSR count). The lowest BCUT2D eigenvalue weighted by molar-refractivity contribution is -0.132. The number of amides is 2. The van der Waals surface area contributed by atoms with Crippen LogP contribution < -0.4 is 5.73 Å². The van der Waals surface area contributed by atoms with Gasteiger partial charge < -0.3 is 10.6 Å². The van der Waals surface area contributed by atoms with Crippen molar-refractivity contribution in [3.05, 3.63) is 58.9 Å². The third-order valence-electron chi connectivity index (χ3n) is 4.94. The zero-order valence-corrected chi connectivity index (χ0v) is 15.3. The summed E-state index contributed by atoms with van der Waals surface area (Å²) in [5, 5.41) is 0. The number of benzene rings is 1. The van der Waals surface area contributed by atoms with Crippen molar-refractivity contribution < 1.29 is 14.0 Å². The molecule has 1 atom stereocenters. The van der Waals surface area contributed by atoms with E-state index in [9.17, 15) is 14.0 Å². The Morgan fingerprint density at radius 1 is 1.30 bits per heavy atom. The van der Waals surface area contributed by atoms with E-state index < -0.39 is 5.91 Å². The quantitative estimate of drug-likeness (QED) is 0.875. The summed E-state index contributed by atoms with van der Waals surface area (Å²) in [5.41, 5.74) is 7.13. The van der Waals surface area contributed by atoms with Crippen LogP contribution in [0.1, 0.15) is 52.6 Å². The molecular formula is C20H23FN4O2. The maximum atomic E-state index is 13.0. The van der Waals surface area contributed by atoms with Crippen LogP contribution >= 0.6 is 0 Å². The van der Waals surface area contributed by atoms with E-state index in [-0.39, 0.29) is 17.6 Å². The van der Waals surface area contributed by atoms with Crippen molar-refractivity contribution in [1.82, 2.24) is 14.9 Å². The maximum absolute atomic E-state index is 13.0. The molecule has 2 heterocycles. The van der Waals surface area contributed by atoms with Crippen molar-refractivity contribution in [2.45, 2.75) is 38.5 Å². The molecule has 1 aromatic heterocycles. The van der Waals surface area contributed by atoms with Gasteiger partial charge in [-0.2, -0.15) is 0 Å². The number of aromatic nitrogens is 2. The first-order valence-corrected chi connectivity index (χ1v) is 9.09. The molecule has 1 aliphatic rings. The van der Waals surface area contributed by atoms with Crippen molar-refractivity contribution in [3.8, 4) is 0 Å². The van der Waals surface area contributed by atoms with Crippen LogP contribution in [0.2, 0.25) is 0 Å². The van der Waals surface area contributed by atoms with Gasteiger partial charge in [-0.1, -0.05) is 12.1 Å². The Morgan fingerprint density at radius 2 is 2.04 bits per heavy atom. The molecule has 0 spiro atoms. The summed E-state index contributed by atoms with van der Waals surface area (Å²) in [5.74, 6) is -0.0425. The molecule has 2 aromatic rings. The number of likely N-dealkylation sites (tertiary alicyclic amines) is 1. The maximum Gasteiger partial charge on any atom is 0.252 e. The Hall–Kier alpha value is -2.83. The molecule has 0 saturated carbocycles. The van der Waals surface area contributed by atoms with Crippen LogP contribution in [0.4, 0.5) is 4.39 Å². The summed E-state index contributed by atoms with van der Waals surface area (Å²) >= 11 is 0. The van der Waals surface area contributed by atoms with Gasteiger partial charge in [0.05, 0.1) is 11.3 Å². The summed E-state index contributed by atoms with van der Waals surface area (Å²) in [6, 6.07) is 6.23. The lowest BCUT2D eigenvalue weighted by atomic mass is 9.96. The number of nitrogens with two attached hydrogens (primary N) is 1. The van der Waals surface area contributed by atoms with Crippen molar-refractivity contribution in [2.75, 3.05) is 13.1 Å². The van der Waals surface area contributed by atoms with Crippen molar-refractivity contribution in [3.63, 3.8) is 0 Å². The number of halogens is 1. The van der Waals surface area contributed by atoms with Crippen LogP contribution in [0, 0.1) is 12.7 Å². The summed E-state index contributed by atoms with van der Waals surface area (Å²) in [7, 11) is 0. The first-order chi connectivity index (χ1) is 12.9. The van der Waals surface area contributed by atoms with E-state index in [1.165, 1.54) is 18.3 Å². The second-order valence-corrected chi connectivity index (χ2v) is 6.90. The molecule has 1 fully saturated rings. The number of carbonyl (C=O) groups is 2. The van der Waals surface area contributed by atoms with Gasteiger partial charge in [0.1, 0.15) is 11.6 Å². The summed E-state index contributed by atoms with van der Waals surface area (Å²) in [4.78, 5) is 34.5. The predicted octanol–water partition coefficient (Wildman–Crippen LogP) is 2.36. The van der Waals surface area contributed by atoms with Crippen LogP contribution in [0.5, 0.6) is 0 Å². The van der Waals surface area contributed by atoms with E-state index in [0.29, 0.717) is 36.5 Å². The van der Waals surface area contributed by atoms with Gasteiger partial charge in [0.15, 0.2) is 0 Å². The van der Waals surface area contributed by atoms with Crippen LogP contribution in [-0.4, -0.2) is 39.8 Å². The minimum absolute atomic E-state index is 0.0501. The highest BCUT2D eigenvalue weighted by Gasteiger charge is 2.26. The van der Waals surface area contributed by atoms with Gasteiger partial charge in [-0.15, -0.1) is 0 Å². The van der Waals surface area contributed by atoms with E-state index >= 15 is 0 Å². The van der Waals surface area contributed by atoms with Gasteiger partial charge in [-0.3, -0.25) is 9.59 Å². The normalized spacial score (nSPS) is 17.0. The summed E-state index contributed by atoms with van der Waals surface area (Å²) in [6.07, 6.45) is 4.22. The van der Waals surface area contributed by atoms with Crippen molar-refractivity contribution in [1.29, 1.82) is 0 Å². The SMILES string of the molecule is Cc1nc(C2CCCN(C(=O)CCc3ccc(F)cc3)C2)ncc1C(N)=O. The number of aryl methyl sites for hydroxylation is 2. The van der Waals surface area contributed by atoms with E-state index in [1.807, 2.05) is 4.90 Å². The zero-order chi connectivity index (χ0) is 19.4. The van der Waals surface area contributed by atoms with Gasteiger partial charge in [-0.05, 0) is 43.9 Å². The lowest BCUT2D eigenvalue weighted by Crippen LogP contribution is -2.39. The minimum Gasteiger partial charge on any atom is -0.365 e. The first-order valence-electron chi connectivity index (χ1n) is 9.09. The fourth-order valence-corrected chi connectivity index (χ4v) is 3.40. The molecule has 0 bridgehead atoms. The average Bonchev–Trinajstić information content (AvgIpc) is 2.67. The molecule has 0 radical (unpaired) electrons. The number of hydrogen-bond acceptors (Lipinski definition) is 4.